The predicted molar refractivity (Wildman–Crippen MR) is 62.1 cm³/mol. The number of nitrogens with zero attached hydrogens (tertiary/aromatic N) is 1. The van der Waals surface area contributed by atoms with Crippen molar-refractivity contribution in [3.05, 3.63) is 0 Å². The number of amides is 1. The lowest BCUT2D eigenvalue weighted by Crippen LogP contribution is -2.48. The molecule has 0 saturated carbocycles. The smallest absolute Gasteiger partial charge is 0.222 e. The van der Waals surface area contributed by atoms with Gasteiger partial charge in [0.05, 0.1) is 0 Å². The van der Waals surface area contributed by atoms with Crippen molar-refractivity contribution in [1.82, 2.24) is 4.90 Å². The van der Waals surface area contributed by atoms with Crippen molar-refractivity contribution in [3.63, 3.8) is 0 Å². The first-order valence-corrected chi connectivity index (χ1v) is 6.05. The number of rotatable bonds is 5. The summed E-state index contributed by atoms with van der Waals surface area (Å²) >= 11 is 0. The maximum absolute atomic E-state index is 11.8. The molecule has 0 aromatic rings. The quantitative estimate of drug-likeness (QED) is 0.675. The van der Waals surface area contributed by atoms with Gasteiger partial charge in [-0.05, 0) is 6.42 Å². The van der Waals surface area contributed by atoms with Crippen LogP contribution in [0.15, 0.2) is 0 Å². The molecule has 1 aliphatic rings. The van der Waals surface area contributed by atoms with Gasteiger partial charge >= 0.3 is 0 Å². The highest BCUT2D eigenvalue weighted by Crippen LogP contribution is 2.26. The molecule has 94 valence electrons. The van der Waals surface area contributed by atoms with E-state index in [1.165, 1.54) is 0 Å². The largest absolute Gasteiger partial charge is 0.353 e. The Hall–Kier alpha value is -0.610. The number of carbonyl (C=O) groups is 1. The van der Waals surface area contributed by atoms with Crippen molar-refractivity contribution in [1.29, 1.82) is 0 Å². The Morgan fingerprint density at radius 3 is 2.25 bits per heavy atom. The number of carbonyl (C=O) groups excluding carboxylic acids is 1. The van der Waals surface area contributed by atoms with Crippen molar-refractivity contribution >= 4 is 5.91 Å². The molecule has 1 amide bonds. The molecule has 1 fully saturated rings. The molecule has 1 heterocycles. The summed E-state index contributed by atoms with van der Waals surface area (Å²) in [6, 6.07) is 0. The minimum atomic E-state index is -0.471. The second-order valence-corrected chi connectivity index (χ2v) is 4.30. The molecule has 16 heavy (non-hydrogen) atoms. The standard InChI is InChI=1S/C12H23NO3/c1-4-5-6-11(14)13-9-7-12(15-2,16-3)8-10-13/h4-10H2,1-3H3. The van der Waals surface area contributed by atoms with Crippen LogP contribution in [0.25, 0.3) is 0 Å². The van der Waals surface area contributed by atoms with Gasteiger partial charge in [-0.15, -0.1) is 0 Å². The molecule has 0 aliphatic carbocycles. The molecule has 1 aliphatic heterocycles. The molecule has 4 heteroatoms. The zero-order valence-electron chi connectivity index (χ0n) is 10.6. The minimum Gasteiger partial charge on any atom is -0.353 e. The molecule has 1 saturated heterocycles. The first-order valence-electron chi connectivity index (χ1n) is 6.05. The summed E-state index contributed by atoms with van der Waals surface area (Å²) in [4.78, 5) is 13.7. The summed E-state index contributed by atoms with van der Waals surface area (Å²) < 4.78 is 10.8. The number of ether oxygens (including phenoxy) is 2. The van der Waals surface area contributed by atoms with Gasteiger partial charge in [0.25, 0.3) is 0 Å². The fourth-order valence-corrected chi connectivity index (χ4v) is 2.07. The van der Waals surface area contributed by atoms with E-state index in [4.69, 9.17) is 9.47 Å². The Morgan fingerprint density at radius 1 is 1.25 bits per heavy atom. The Labute approximate surface area is 97.9 Å². The predicted octanol–water partition coefficient (Wildman–Crippen LogP) is 1.79. The zero-order chi connectivity index (χ0) is 12.0. The number of methoxy groups -OCH3 is 2. The maximum Gasteiger partial charge on any atom is 0.222 e. The van der Waals surface area contributed by atoms with Gasteiger partial charge < -0.3 is 14.4 Å². The van der Waals surface area contributed by atoms with Crippen molar-refractivity contribution in [3.8, 4) is 0 Å². The van der Waals surface area contributed by atoms with Gasteiger partial charge in [-0.3, -0.25) is 4.79 Å². The average molecular weight is 229 g/mol. The van der Waals surface area contributed by atoms with Crippen LogP contribution in [0.1, 0.15) is 39.0 Å². The van der Waals surface area contributed by atoms with Gasteiger partial charge in [0.2, 0.25) is 5.91 Å². The highest BCUT2D eigenvalue weighted by molar-refractivity contribution is 5.76. The summed E-state index contributed by atoms with van der Waals surface area (Å²) in [6.07, 6.45) is 4.24. The van der Waals surface area contributed by atoms with E-state index < -0.39 is 5.79 Å². The van der Waals surface area contributed by atoms with Crippen LogP contribution in [-0.4, -0.2) is 43.9 Å². The fourth-order valence-electron chi connectivity index (χ4n) is 2.07. The van der Waals surface area contributed by atoms with Crippen molar-refractivity contribution < 1.29 is 14.3 Å². The van der Waals surface area contributed by atoms with E-state index >= 15 is 0 Å². The van der Waals surface area contributed by atoms with Crippen LogP contribution in [0.4, 0.5) is 0 Å². The summed E-state index contributed by atoms with van der Waals surface area (Å²) in [7, 11) is 3.33. The third-order valence-corrected chi connectivity index (χ3v) is 3.37. The number of likely N-dealkylation sites (tertiary alicyclic amines) is 1. The molecule has 0 unspecified atom stereocenters. The summed E-state index contributed by atoms with van der Waals surface area (Å²) in [5.74, 6) is -0.204. The Bertz CT molecular complexity index is 216. The topological polar surface area (TPSA) is 38.8 Å². The van der Waals surface area contributed by atoms with Crippen molar-refractivity contribution in [2.75, 3.05) is 27.3 Å². The van der Waals surface area contributed by atoms with Gasteiger partial charge in [0.15, 0.2) is 5.79 Å². The molecule has 0 radical (unpaired) electrons. The first-order chi connectivity index (χ1) is 7.67. The van der Waals surface area contributed by atoms with Crippen molar-refractivity contribution in [2.45, 2.75) is 44.8 Å². The molecule has 1 rings (SSSR count). The van der Waals surface area contributed by atoms with Crippen LogP contribution in [-0.2, 0) is 14.3 Å². The third kappa shape index (κ3) is 3.19. The van der Waals surface area contributed by atoms with Gasteiger partial charge in [-0.2, -0.15) is 0 Å². The SMILES string of the molecule is CCCCC(=O)N1CCC(OC)(OC)CC1. The van der Waals surface area contributed by atoms with Crippen molar-refractivity contribution in [2.24, 2.45) is 0 Å². The highest BCUT2D eigenvalue weighted by atomic mass is 16.7. The first kappa shape index (κ1) is 13.5. The molecule has 0 bridgehead atoms. The normalized spacial score (nSPS) is 19.8. The minimum absolute atomic E-state index is 0.266. The van der Waals surface area contributed by atoms with Crippen LogP contribution in [0.2, 0.25) is 0 Å². The lowest BCUT2D eigenvalue weighted by molar-refractivity contribution is -0.228. The van der Waals surface area contributed by atoms with Crippen LogP contribution in [0.3, 0.4) is 0 Å². The van der Waals surface area contributed by atoms with Crippen LogP contribution in [0, 0.1) is 0 Å². The Balaban J connectivity index is 2.39. The fraction of sp³-hybridized carbons (Fsp3) is 0.917. The number of unbranched alkanes of at least 4 members (excludes halogenated alkanes) is 1. The lowest BCUT2D eigenvalue weighted by Gasteiger charge is -2.39. The molecule has 0 aromatic heterocycles. The number of hydrogen-bond acceptors (Lipinski definition) is 3. The molecule has 0 aromatic carbocycles. The Kier molecular flexibility index (Phi) is 5.22. The third-order valence-electron chi connectivity index (χ3n) is 3.37. The summed E-state index contributed by atoms with van der Waals surface area (Å²) in [5, 5.41) is 0. The summed E-state index contributed by atoms with van der Waals surface area (Å²) in [6.45, 7) is 3.58. The lowest BCUT2D eigenvalue weighted by atomic mass is 10.0. The molecule has 0 atom stereocenters. The van der Waals surface area contributed by atoms with Crippen LogP contribution >= 0.6 is 0 Å². The van der Waals surface area contributed by atoms with Gasteiger partial charge in [-0.25, -0.2) is 0 Å². The van der Waals surface area contributed by atoms with E-state index in [2.05, 4.69) is 6.92 Å². The van der Waals surface area contributed by atoms with Gasteiger partial charge in [0, 0.05) is 46.6 Å². The second-order valence-electron chi connectivity index (χ2n) is 4.30. The van der Waals surface area contributed by atoms with Crippen LogP contribution in [0.5, 0.6) is 0 Å². The zero-order valence-corrected chi connectivity index (χ0v) is 10.6. The van der Waals surface area contributed by atoms with Crippen LogP contribution < -0.4 is 0 Å². The molecular formula is C12H23NO3. The monoisotopic (exact) mass is 229 g/mol. The second kappa shape index (κ2) is 6.21. The number of piperidine rings is 1. The highest BCUT2D eigenvalue weighted by Gasteiger charge is 2.35. The average Bonchev–Trinajstić information content (AvgIpc) is 2.36. The molecule has 0 N–H and O–H groups in total. The molecule has 0 spiro atoms. The van der Waals surface area contributed by atoms with E-state index in [0.29, 0.717) is 6.42 Å². The number of hydrogen-bond donors (Lipinski definition) is 0. The molecule has 4 nitrogen and oxygen atoms in total. The van der Waals surface area contributed by atoms with E-state index in [-0.39, 0.29) is 5.91 Å². The van der Waals surface area contributed by atoms with E-state index in [1.54, 1.807) is 14.2 Å². The summed E-state index contributed by atoms with van der Waals surface area (Å²) in [5.41, 5.74) is 0. The van der Waals surface area contributed by atoms with Gasteiger partial charge in [-0.1, -0.05) is 13.3 Å². The van der Waals surface area contributed by atoms with Gasteiger partial charge in [0.1, 0.15) is 0 Å². The maximum atomic E-state index is 11.8. The van der Waals surface area contributed by atoms with E-state index in [0.717, 1.165) is 38.8 Å². The van der Waals surface area contributed by atoms with E-state index in [9.17, 15) is 4.79 Å². The van der Waals surface area contributed by atoms with E-state index in [1.807, 2.05) is 4.90 Å². The Morgan fingerprint density at radius 2 is 1.81 bits per heavy atom. The molecular weight excluding hydrogens is 206 g/mol.